The summed E-state index contributed by atoms with van der Waals surface area (Å²) >= 11 is 1.69. The average molecular weight is 292 g/mol. The first-order chi connectivity index (χ1) is 9.58. The molecule has 0 fully saturated rings. The van der Waals surface area contributed by atoms with E-state index in [-0.39, 0.29) is 0 Å². The predicted octanol–water partition coefficient (Wildman–Crippen LogP) is 3.05. The normalized spacial score (nSPS) is 14.7. The van der Waals surface area contributed by atoms with Gasteiger partial charge in [0.15, 0.2) is 0 Å². The summed E-state index contributed by atoms with van der Waals surface area (Å²) in [5, 5.41) is 19.5. The second kappa shape index (κ2) is 6.27. The van der Waals surface area contributed by atoms with E-state index in [2.05, 4.69) is 17.9 Å². The topological polar surface area (TPSA) is 64.3 Å². The minimum Gasteiger partial charge on any atom is -0.481 e. The molecule has 1 unspecified atom stereocenters. The fraction of sp³-hybridized carbons (Fsp3) is 0.600. The molecular formula is C15H20N2O2S. The molecule has 1 aromatic heterocycles. The molecule has 1 aromatic rings. The van der Waals surface area contributed by atoms with Gasteiger partial charge in [0.05, 0.1) is 11.5 Å². The lowest BCUT2D eigenvalue weighted by atomic mass is 10.1. The fourth-order valence-electron chi connectivity index (χ4n) is 2.68. The van der Waals surface area contributed by atoms with Crippen LogP contribution in [0.2, 0.25) is 0 Å². The Morgan fingerprint density at radius 1 is 1.55 bits per heavy atom. The van der Waals surface area contributed by atoms with Gasteiger partial charge in [0, 0.05) is 18.0 Å². The van der Waals surface area contributed by atoms with Gasteiger partial charge in [-0.3, -0.25) is 4.79 Å². The molecular weight excluding hydrogens is 272 g/mol. The maximum atomic E-state index is 11.1. The first-order valence-corrected chi connectivity index (χ1v) is 7.92. The Morgan fingerprint density at radius 2 is 2.30 bits per heavy atom. The molecule has 0 spiro atoms. The molecule has 1 aliphatic carbocycles. The zero-order valence-electron chi connectivity index (χ0n) is 12.0. The van der Waals surface area contributed by atoms with Gasteiger partial charge in [-0.05, 0) is 31.2 Å². The Labute approximate surface area is 123 Å². The highest BCUT2D eigenvalue weighted by molar-refractivity contribution is 7.16. The summed E-state index contributed by atoms with van der Waals surface area (Å²) < 4.78 is 0. The molecule has 0 saturated heterocycles. The van der Waals surface area contributed by atoms with Crippen LogP contribution in [0.3, 0.4) is 0 Å². The number of rotatable bonds is 6. The summed E-state index contributed by atoms with van der Waals surface area (Å²) in [6.45, 7) is 5.06. The monoisotopic (exact) mass is 292 g/mol. The van der Waals surface area contributed by atoms with Crippen LogP contribution in [0.5, 0.6) is 0 Å². The summed E-state index contributed by atoms with van der Waals surface area (Å²) in [5.74, 6) is -1.21. The lowest BCUT2D eigenvalue weighted by Gasteiger charge is -2.25. The molecule has 0 radical (unpaired) electrons. The molecule has 20 heavy (non-hydrogen) atoms. The number of thiophene rings is 1. The van der Waals surface area contributed by atoms with Crippen LogP contribution >= 0.6 is 11.3 Å². The number of hydrogen-bond acceptors (Lipinski definition) is 4. The molecule has 0 saturated carbocycles. The highest BCUT2D eigenvalue weighted by Gasteiger charge is 2.26. The van der Waals surface area contributed by atoms with Crippen molar-refractivity contribution in [2.75, 3.05) is 18.0 Å². The van der Waals surface area contributed by atoms with Gasteiger partial charge < -0.3 is 10.0 Å². The Hall–Kier alpha value is -1.54. The first kappa shape index (κ1) is 14.9. The van der Waals surface area contributed by atoms with Crippen LogP contribution < -0.4 is 4.90 Å². The van der Waals surface area contributed by atoms with Gasteiger partial charge in [-0.25, -0.2) is 0 Å². The van der Waals surface area contributed by atoms with Crippen molar-refractivity contribution >= 4 is 22.3 Å². The molecule has 108 valence electrons. The van der Waals surface area contributed by atoms with Crippen molar-refractivity contribution in [3.05, 3.63) is 16.0 Å². The molecule has 4 nitrogen and oxygen atoms in total. The van der Waals surface area contributed by atoms with Crippen LogP contribution in [0.1, 0.15) is 42.7 Å². The Balaban J connectivity index is 2.30. The average Bonchev–Trinajstić information content (AvgIpc) is 2.97. The van der Waals surface area contributed by atoms with Crippen LogP contribution in [0.15, 0.2) is 0 Å². The Morgan fingerprint density at radius 3 is 2.90 bits per heavy atom. The molecule has 1 aliphatic rings. The van der Waals surface area contributed by atoms with Crippen molar-refractivity contribution in [3.8, 4) is 6.07 Å². The minimum absolute atomic E-state index is 0.426. The van der Waals surface area contributed by atoms with Crippen molar-refractivity contribution in [1.29, 1.82) is 5.26 Å². The van der Waals surface area contributed by atoms with Gasteiger partial charge in [0.1, 0.15) is 11.1 Å². The first-order valence-electron chi connectivity index (χ1n) is 7.10. The molecule has 0 aliphatic heterocycles. The van der Waals surface area contributed by atoms with Crippen LogP contribution in [0.25, 0.3) is 0 Å². The van der Waals surface area contributed by atoms with Gasteiger partial charge in [-0.2, -0.15) is 5.26 Å². The van der Waals surface area contributed by atoms with Crippen LogP contribution in [0, 0.1) is 17.2 Å². The molecule has 1 heterocycles. The van der Waals surface area contributed by atoms with Crippen LogP contribution in [-0.4, -0.2) is 24.2 Å². The number of aryl methyl sites for hydroxylation is 1. The van der Waals surface area contributed by atoms with Crippen molar-refractivity contribution in [1.82, 2.24) is 0 Å². The number of aliphatic carboxylic acids is 1. The summed E-state index contributed by atoms with van der Waals surface area (Å²) in [7, 11) is 0. The van der Waals surface area contributed by atoms with E-state index >= 15 is 0 Å². The van der Waals surface area contributed by atoms with Crippen molar-refractivity contribution < 1.29 is 9.90 Å². The molecule has 5 heteroatoms. The molecule has 1 atom stereocenters. The lowest BCUT2D eigenvalue weighted by Crippen LogP contribution is -2.32. The highest BCUT2D eigenvalue weighted by atomic mass is 32.1. The van der Waals surface area contributed by atoms with E-state index < -0.39 is 11.9 Å². The zero-order chi connectivity index (χ0) is 14.7. The van der Waals surface area contributed by atoms with Crippen molar-refractivity contribution in [2.24, 2.45) is 5.92 Å². The standard InChI is InChI=1S/C15H20N2O2S/c1-3-7-17(9-10(2)15(18)19)14-12(8-16)11-5-4-6-13(11)20-14/h10H,3-7,9H2,1-2H3,(H,18,19). The minimum atomic E-state index is -0.784. The Bertz CT molecular complexity index is 545. The third kappa shape index (κ3) is 2.80. The summed E-state index contributed by atoms with van der Waals surface area (Å²) in [6.07, 6.45) is 4.13. The molecule has 0 bridgehead atoms. The summed E-state index contributed by atoms with van der Waals surface area (Å²) in [6, 6.07) is 2.34. The number of anilines is 1. The second-order valence-electron chi connectivity index (χ2n) is 5.33. The largest absolute Gasteiger partial charge is 0.481 e. The van der Waals surface area contributed by atoms with Gasteiger partial charge in [0.2, 0.25) is 0 Å². The molecule has 0 aromatic carbocycles. The number of hydrogen-bond donors (Lipinski definition) is 1. The SMILES string of the molecule is CCCN(CC(C)C(=O)O)c1sc2c(c1C#N)CCC2. The smallest absolute Gasteiger partial charge is 0.308 e. The van der Waals surface area contributed by atoms with E-state index in [0.29, 0.717) is 6.54 Å². The van der Waals surface area contributed by atoms with E-state index in [1.807, 2.05) is 0 Å². The van der Waals surface area contributed by atoms with Gasteiger partial charge >= 0.3 is 5.97 Å². The van der Waals surface area contributed by atoms with Crippen molar-refractivity contribution in [2.45, 2.75) is 39.5 Å². The van der Waals surface area contributed by atoms with Crippen LogP contribution in [0.4, 0.5) is 5.00 Å². The fourth-order valence-corrected chi connectivity index (χ4v) is 4.06. The zero-order valence-corrected chi connectivity index (χ0v) is 12.8. The van der Waals surface area contributed by atoms with E-state index in [1.165, 1.54) is 10.4 Å². The third-order valence-electron chi connectivity index (χ3n) is 3.71. The van der Waals surface area contributed by atoms with E-state index in [4.69, 9.17) is 5.11 Å². The number of carboxylic acids is 1. The molecule has 1 N–H and O–H groups in total. The number of carbonyl (C=O) groups is 1. The van der Waals surface area contributed by atoms with Crippen molar-refractivity contribution in [3.63, 3.8) is 0 Å². The quantitative estimate of drug-likeness (QED) is 0.875. The maximum Gasteiger partial charge on any atom is 0.308 e. The number of fused-ring (bicyclic) bond motifs is 1. The third-order valence-corrected chi connectivity index (χ3v) is 5.06. The van der Waals surface area contributed by atoms with Crippen LogP contribution in [-0.2, 0) is 17.6 Å². The van der Waals surface area contributed by atoms with Gasteiger partial charge in [-0.15, -0.1) is 11.3 Å². The summed E-state index contributed by atoms with van der Waals surface area (Å²) in [4.78, 5) is 14.5. The molecule has 2 rings (SSSR count). The van der Waals surface area contributed by atoms with Gasteiger partial charge in [-0.1, -0.05) is 13.8 Å². The number of nitrogens with zero attached hydrogens (tertiary/aromatic N) is 2. The number of carboxylic acid groups (broad SMARTS) is 1. The number of nitriles is 1. The van der Waals surface area contributed by atoms with E-state index in [9.17, 15) is 10.1 Å². The second-order valence-corrected chi connectivity index (χ2v) is 6.42. The highest BCUT2D eigenvalue weighted by Crippen LogP contribution is 2.40. The van der Waals surface area contributed by atoms with Gasteiger partial charge in [0.25, 0.3) is 0 Å². The predicted molar refractivity (Wildman–Crippen MR) is 80.4 cm³/mol. The van der Waals surface area contributed by atoms with E-state index in [0.717, 1.165) is 42.8 Å². The Kier molecular flexibility index (Phi) is 4.66. The maximum absolute atomic E-state index is 11.1. The molecule has 0 amide bonds. The summed E-state index contributed by atoms with van der Waals surface area (Å²) in [5.41, 5.74) is 1.99. The van der Waals surface area contributed by atoms with E-state index in [1.54, 1.807) is 18.3 Å². The lowest BCUT2D eigenvalue weighted by molar-refractivity contribution is -0.140.